The zero-order chi connectivity index (χ0) is 14.4. The van der Waals surface area contributed by atoms with Gasteiger partial charge in [-0.1, -0.05) is 29.3 Å². The molecule has 0 aliphatic carbocycles. The predicted molar refractivity (Wildman–Crippen MR) is 79.5 cm³/mol. The van der Waals surface area contributed by atoms with E-state index in [1.54, 1.807) is 18.2 Å². The number of hydrogen-bond acceptors (Lipinski definition) is 3. The number of rotatable bonds is 2. The van der Waals surface area contributed by atoms with E-state index in [9.17, 15) is 0 Å². The summed E-state index contributed by atoms with van der Waals surface area (Å²) in [5.41, 5.74) is 6.17. The molecule has 0 spiro atoms. The highest BCUT2D eigenvalue weighted by Crippen LogP contribution is 2.40. The van der Waals surface area contributed by atoms with E-state index in [0.29, 0.717) is 10.0 Å². The van der Waals surface area contributed by atoms with Gasteiger partial charge >= 0.3 is 7.12 Å². The van der Waals surface area contributed by atoms with Crippen molar-refractivity contribution in [3.8, 4) is 0 Å². The van der Waals surface area contributed by atoms with Crippen molar-refractivity contribution in [1.29, 1.82) is 0 Å². The zero-order valence-corrected chi connectivity index (χ0v) is 13.0. The monoisotopic (exact) mass is 301 g/mol. The molecule has 1 fully saturated rings. The molecule has 1 saturated heterocycles. The molecule has 0 bridgehead atoms. The first kappa shape index (κ1) is 15.1. The molecule has 0 aromatic heterocycles. The SMILES string of the molecule is CC1(C)OB([C@@H](N)c2ccc(Cl)cc2Cl)OC1(C)C. The molecule has 3 nitrogen and oxygen atoms in total. The van der Waals surface area contributed by atoms with Gasteiger partial charge in [0.1, 0.15) is 0 Å². The lowest BCUT2D eigenvalue weighted by atomic mass is 9.75. The molecule has 0 amide bonds. The minimum absolute atomic E-state index is 0.409. The van der Waals surface area contributed by atoms with Gasteiger partial charge in [0, 0.05) is 10.0 Å². The molecule has 19 heavy (non-hydrogen) atoms. The van der Waals surface area contributed by atoms with Crippen molar-refractivity contribution in [3.63, 3.8) is 0 Å². The van der Waals surface area contributed by atoms with Crippen LogP contribution in [-0.2, 0) is 9.31 Å². The first-order valence-electron chi connectivity index (χ1n) is 6.20. The van der Waals surface area contributed by atoms with Gasteiger partial charge in [0.05, 0.1) is 17.1 Å². The summed E-state index contributed by atoms with van der Waals surface area (Å²) in [6.45, 7) is 7.96. The van der Waals surface area contributed by atoms with Crippen LogP contribution >= 0.6 is 23.2 Å². The van der Waals surface area contributed by atoms with E-state index in [1.165, 1.54) is 0 Å². The Balaban J connectivity index is 2.24. The van der Waals surface area contributed by atoms with Crippen LogP contribution in [0.4, 0.5) is 0 Å². The van der Waals surface area contributed by atoms with Crippen LogP contribution in [0.5, 0.6) is 0 Å². The lowest BCUT2D eigenvalue weighted by Gasteiger charge is -2.32. The molecule has 6 heteroatoms. The Morgan fingerprint density at radius 3 is 2.11 bits per heavy atom. The summed E-state index contributed by atoms with van der Waals surface area (Å²) in [7, 11) is -0.524. The fourth-order valence-electron chi connectivity index (χ4n) is 1.95. The van der Waals surface area contributed by atoms with Crippen LogP contribution in [0.3, 0.4) is 0 Å². The number of halogens is 2. The highest BCUT2D eigenvalue weighted by Gasteiger charge is 2.53. The van der Waals surface area contributed by atoms with Gasteiger partial charge in [-0.3, -0.25) is 0 Å². The van der Waals surface area contributed by atoms with Gasteiger partial charge < -0.3 is 15.0 Å². The summed E-state index contributed by atoms with van der Waals surface area (Å²) in [6, 6.07) is 5.23. The Kier molecular flexibility index (Phi) is 3.93. The van der Waals surface area contributed by atoms with E-state index in [2.05, 4.69) is 0 Å². The first-order valence-corrected chi connectivity index (χ1v) is 6.96. The molecule has 0 unspecified atom stereocenters. The van der Waals surface area contributed by atoms with E-state index in [-0.39, 0.29) is 0 Å². The lowest BCUT2D eigenvalue weighted by molar-refractivity contribution is 0.00578. The average Bonchev–Trinajstić information content (AvgIpc) is 2.47. The Morgan fingerprint density at radius 1 is 1.11 bits per heavy atom. The Labute approximate surface area is 124 Å². The van der Waals surface area contributed by atoms with Crippen molar-refractivity contribution >= 4 is 30.3 Å². The predicted octanol–water partition coefficient (Wildman–Crippen LogP) is 3.62. The van der Waals surface area contributed by atoms with Crippen LogP contribution in [-0.4, -0.2) is 18.3 Å². The van der Waals surface area contributed by atoms with Crippen molar-refractivity contribution in [2.45, 2.75) is 44.8 Å². The topological polar surface area (TPSA) is 44.5 Å². The average molecular weight is 302 g/mol. The van der Waals surface area contributed by atoms with E-state index in [4.69, 9.17) is 38.2 Å². The second-order valence-corrected chi connectivity index (χ2v) is 6.66. The fraction of sp³-hybridized carbons (Fsp3) is 0.538. The first-order chi connectivity index (χ1) is 8.64. The van der Waals surface area contributed by atoms with Gasteiger partial charge in [-0.05, 0) is 45.4 Å². The second-order valence-electron chi connectivity index (χ2n) is 5.82. The highest BCUT2D eigenvalue weighted by atomic mass is 35.5. The molecule has 104 valence electrons. The molecule has 1 heterocycles. The molecule has 0 radical (unpaired) electrons. The molecular formula is C13H18BCl2NO2. The Hall–Kier alpha value is -0.255. The van der Waals surface area contributed by atoms with Gasteiger partial charge in [0.25, 0.3) is 0 Å². The summed E-state index contributed by atoms with van der Waals surface area (Å²) in [4.78, 5) is 0. The van der Waals surface area contributed by atoms with Crippen molar-refractivity contribution in [2.24, 2.45) is 5.73 Å². The fourth-order valence-corrected chi connectivity index (χ4v) is 2.49. The standard InChI is InChI=1S/C13H18BCl2NO2/c1-12(2)13(3,4)19-14(18-12)11(17)9-6-5-8(15)7-10(9)16/h5-7,11H,17H2,1-4H3/t11-/m0/s1. The minimum atomic E-state index is -0.524. The van der Waals surface area contributed by atoms with Gasteiger partial charge in [0.15, 0.2) is 0 Å². The number of benzene rings is 1. The molecular weight excluding hydrogens is 284 g/mol. The van der Waals surface area contributed by atoms with Crippen molar-refractivity contribution < 1.29 is 9.31 Å². The van der Waals surface area contributed by atoms with Crippen molar-refractivity contribution in [2.75, 3.05) is 0 Å². The third-order valence-corrected chi connectivity index (χ3v) is 4.45. The molecule has 0 saturated carbocycles. The molecule has 1 atom stereocenters. The summed E-state index contributed by atoms with van der Waals surface area (Å²) in [5, 5.41) is 1.10. The van der Waals surface area contributed by atoms with Gasteiger partial charge in [-0.15, -0.1) is 0 Å². The molecule has 1 aromatic carbocycles. The zero-order valence-electron chi connectivity index (χ0n) is 11.5. The molecule has 2 rings (SSSR count). The van der Waals surface area contributed by atoms with Crippen molar-refractivity contribution in [3.05, 3.63) is 33.8 Å². The quantitative estimate of drug-likeness (QED) is 0.849. The summed E-state index contributed by atoms with van der Waals surface area (Å²) >= 11 is 12.1. The molecule has 1 aliphatic heterocycles. The van der Waals surface area contributed by atoms with Crippen LogP contribution < -0.4 is 5.73 Å². The Morgan fingerprint density at radius 2 is 1.63 bits per heavy atom. The second kappa shape index (κ2) is 4.94. The van der Waals surface area contributed by atoms with E-state index in [0.717, 1.165) is 5.56 Å². The highest BCUT2D eigenvalue weighted by molar-refractivity contribution is 6.48. The van der Waals surface area contributed by atoms with E-state index < -0.39 is 24.3 Å². The maximum Gasteiger partial charge on any atom is 0.480 e. The minimum Gasteiger partial charge on any atom is -0.402 e. The maximum absolute atomic E-state index is 6.22. The largest absolute Gasteiger partial charge is 0.480 e. The number of nitrogens with two attached hydrogens (primary N) is 1. The maximum atomic E-state index is 6.22. The number of hydrogen-bond donors (Lipinski definition) is 1. The van der Waals surface area contributed by atoms with Crippen molar-refractivity contribution in [1.82, 2.24) is 0 Å². The van der Waals surface area contributed by atoms with Gasteiger partial charge in [-0.25, -0.2) is 0 Å². The smallest absolute Gasteiger partial charge is 0.402 e. The molecule has 1 aliphatic rings. The van der Waals surface area contributed by atoms with E-state index >= 15 is 0 Å². The molecule has 1 aromatic rings. The van der Waals surface area contributed by atoms with Gasteiger partial charge in [0.2, 0.25) is 0 Å². The lowest BCUT2D eigenvalue weighted by Crippen LogP contribution is -2.41. The Bertz CT molecular complexity index is 478. The van der Waals surface area contributed by atoms with Gasteiger partial charge in [-0.2, -0.15) is 0 Å². The normalized spacial score (nSPS) is 22.6. The van der Waals surface area contributed by atoms with E-state index in [1.807, 2.05) is 27.7 Å². The van der Waals surface area contributed by atoms with Crippen LogP contribution in [0.2, 0.25) is 10.0 Å². The van der Waals surface area contributed by atoms with Crippen LogP contribution in [0.15, 0.2) is 18.2 Å². The third kappa shape index (κ3) is 2.78. The van der Waals surface area contributed by atoms with Crippen LogP contribution in [0.1, 0.15) is 39.2 Å². The third-order valence-electron chi connectivity index (χ3n) is 3.89. The summed E-state index contributed by atoms with van der Waals surface area (Å²) in [6.07, 6.45) is 0. The van der Waals surface area contributed by atoms with Crippen LogP contribution in [0, 0.1) is 0 Å². The summed E-state index contributed by atoms with van der Waals surface area (Å²) < 4.78 is 11.9. The molecule has 2 N–H and O–H groups in total. The van der Waals surface area contributed by atoms with Crippen LogP contribution in [0.25, 0.3) is 0 Å². The summed E-state index contributed by atoms with van der Waals surface area (Å²) in [5.74, 6) is -0.453.